The molecule has 4 nitrogen and oxygen atoms in total. The van der Waals surface area contributed by atoms with E-state index in [-0.39, 0.29) is 5.91 Å². The van der Waals surface area contributed by atoms with E-state index >= 15 is 0 Å². The summed E-state index contributed by atoms with van der Waals surface area (Å²) < 4.78 is 5.03. The van der Waals surface area contributed by atoms with E-state index < -0.39 is 0 Å². The molecule has 0 saturated heterocycles. The number of rotatable bonds is 1. The third-order valence-electron chi connectivity index (χ3n) is 3.46. The highest BCUT2D eigenvalue weighted by Crippen LogP contribution is 2.43. The lowest BCUT2D eigenvalue weighted by Gasteiger charge is -2.12. The smallest absolute Gasteiger partial charge is 0.228 e. The predicted octanol–water partition coefficient (Wildman–Crippen LogP) is 3.41. The van der Waals surface area contributed by atoms with E-state index in [0.29, 0.717) is 12.8 Å². The van der Waals surface area contributed by atoms with E-state index in [0.717, 1.165) is 27.1 Å². The van der Waals surface area contributed by atoms with E-state index in [1.807, 2.05) is 20.0 Å². The molecular formula is C16H16N2O2S2. The van der Waals surface area contributed by atoms with Gasteiger partial charge in [-0.15, -0.1) is 23.1 Å². The number of hydrogen-bond acceptors (Lipinski definition) is 5. The topological polar surface area (TPSA) is 46.3 Å². The monoisotopic (exact) mass is 332 g/mol. The molecule has 2 aromatic rings. The second-order valence-electron chi connectivity index (χ2n) is 5.15. The van der Waals surface area contributed by atoms with Gasteiger partial charge in [0.2, 0.25) is 5.91 Å². The van der Waals surface area contributed by atoms with E-state index in [9.17, 15) is 4.79 Å². The number of aryl methyl sites for hydroxylation is 1. The van der Waals surface area contributed by atoms with Crippen LogP contribution in [0.2, 0.25) is 0 Å². The molecule has 22 heavy (non-hydrogen) atoms. The fourth-order valence-corrected chi connectivity index (χ4v) is 4.71. The van der Waals surface area contributed by atoms with Crippen LogP contribution < -0.4 is 4.90 Å². The Hall–Kier alpha value is -1.71. The van der Waals surface area contributed by atoms with Crippen LogP contribution in [0, 0.1) is 25.7 Å². The summed E-state index contributed by atoms with van der Waals surface area (Å²) in [6.45, 7) is 3.95. The zero-order chi connectivity index (χ0) is 15.7. The molecule has 1 aliphatic rings. The highest BCUT2D eigenvalue weighted by Gasteiger charge is 2.24. The van der Waals surface area contributed by atoms with Crippen molar-refractivity contribution in [3.05, 3.63) is 28.0 Å². The molecule has 2 aromatic heterocycles. The van der Waals surface area contributed by atoms with Gasteiger partial charge in [0.25, 0.3) is 0 Å². The molecule has 0 saturated carbocycles. The van der Waals surface area contributed by atoms with Gasteiger partial charge in [0, 0.05) is 30.2 Å². The molecule has 114 valence electrons. The zero-order valence-electron chi connectivity index (χ0n) is 12.7. The molecule has 0 bridgehead atoms. The van der Waals surface area contributed by atoms with Gasteiger partial charge in [-0.3, -0.25) is 4.79 Å². The zero-order valence-corrected chi connectivity index (χ0v) is 14.4. The average molecular weight is 332 g/mol. The van der Waals surface area contributed by atoms with Crippen molar-refractivity contribution >= 4 is 34.0 Å². The Morgan fingerprint density at radius 2 is 2.27 bits per heavy atom. The largest absolute Gasteiger partial charge is 0.361 e. The highest BCUT2D eigenvalue weighted by atomic mass is 32.2. The summed E-state index contributed by atoms with van der Waals surface area (Å²) in [6, 6.07) is 1.90. The Labute approximate surface area is 137 Å². The quantitative estimate of drug-likeness (QED) is 0.751. The van der Waals surface area contributed by atoms with Crippen LogP contribution in [0.1, 0.15) is 28.3 Å². The third kappa shape index (κ3) is 2.92. The summed E-state index contributed by atoms with van der Waals surface area (Å²) in [7, 11) is 1.85. The molecule has 0 atom stereocenters. The Bertz CT molecular complexity index is 780. The van der Waals surface area contributed by atoms with Crippen LogP contribution >= 0.6 is 23.1 Å². The summed E-state index contributed by atoms with van der Waals surface area (Å²) in [4.78, 5) is 15.9. The van der Waals surface area contributed by atoms with Crippen molar-refractivity contribution in [1.82, 2.24) is 5.16 Å². The summed E-state index contributed by atoms with van der Waals surface area (Å²) in [5.74, 6) is 8.17. The summed E-state index contributed by atoms with van der Waals surface area (Å²) in [5, 5.41) is 4.96. The maximum Gasteiger partial charge on any atom is 0.228 e. The number of nitrogens with zero attached hydrogens (tertiary/aromatic N) is 2. The number of carbonyl (C=O) groups excluding carboxylic acids is 1. The van der Waals surface area contributed by atoms with Crippen LogP contribution in [0.4, 0.5) is 5.00 Å². The number of aromatic nitrogens is 1. The molecule has 1 amide bonds. The van der Waals surface area contributed by atoms with Crippen LogP contribution in [0.25, 0.3) is 0 Å². The van der Waals surface area contributed by atoms with Gasteiger partial charge in [-0.25, -0.2) is 0 Å². The first-order valence-corrected chi connectivity index (χ1v) is 8.80. The number of anilines is 1. The van der Waals surface area contributed by atoms with Gasteiger partial charge in [0.05, 0.1) is 17.0 Å². The summed E-state index contributed by atoms with van der Waals surface area (Å²) in [5.41, 5.74) is 2.03. The molecule has 0 aliphatic carbocycles. The average Bonchev–Trinajstić information content (AvgIpc) is 3.00. The second kappa shape index (κ2) is 6.19. The van der Waals surface area contributed by atoms with Crippen molar-refractivity contribution < 1.29 is 9.32 Å². The first-order valence-electron chi connectivity index (χ1n) is 7.00. The number of fused-ring (bicyclic) bond motifs is 1. The van der Waals surface area contributed by atoms with Crippen LogP contribution in [-0.2, 0) is 11.2 Å². The molecule has 1 aliphatic heterocycles. The summed E-state index contributed by atoms with van der Waals surface area (Å²) in [6.07, 6.45) is 1.16. The highest BCUT2D eigenvalue weighted by molar-refractivity contribution is 7.99. The van der Waals surface area contributed by atoms with Crippen molar-refractivity contribution in [2.45, 2.75) is 31.6 Å². The van der Waals surface area contributed by atoms with Gasteiger partial charge in [0.1, 0.15) is 10.8 Å². The molecule has 0 aromatic carbocycles. The standard InChI is InChI=1S/C16H16N2O2S2/c1-10-9-12(17-20-10)5-4-6-13-11(2)15-16(22-13)18(3)14(19)7-8-21-15/h9H,5,7-8H2,1-3H3. The van der Waals surface area contributed by atoms with E-state index in [4.69, 9.17) is 4.52 Å². The lowest BCUT2D eigenvalue weighted by atomic mass is 10.2. The first-order chi connectivity index (χ1) is 10.6. The minimum atomic E-state index is 0.171. The fourth-order valence-electron chi connectivity index (χ4n) is 2.23. The van der Waals surface area contributed by atoms with Gasteiger partial charge in [-0.05, 0) is 19.4 Å². The van der Waals surface area contributed by atoms with Gasteiger partial charge >= 0.3 is 0 Å². The van der Waals surface area contributed by atoms with E-state index in [1.165, 1.54) is 10.5 Å². The van der Waals surface area contributed by atoms with Gasteiger partial charge in [0.15, 0.2) is 0 Å². The van der Waals surface area contributed by atoms with Crippen molar-refractivity contribution in [1.29, 1.82) is 0 Å². The molecular weight excluding hydrogens is 316 g/mol. The van der Waals surface area contributed by atoms with Crippen molar-refractivity contribution in [2.24, 2.45) is 0 Å². The molecule has 0 N–H and O–H groups in total. The van der Waals surface area contributed by atoms with Gasteiger partial charge in [-0.2, -0.15) is 0 Å². The molecule has 0 spiro atoms. The lowest BCUT2D eigenvalue weighted by molar-refractivity contribution is -0.117. The maximum absolute atomic E-state index is 12.0. The van der Waals surface area contributed by atoms with Crippen molar-refractivity contribution in [3.8, 4) is 11.8 Å². The Morgan fingerprint density at radius 3 is 3.00 bits per heavy atom. The maximum atomic E-state index is 12.0. The minimum Gasteiger partial charge on any atom is -0.361 e. The van der Waals surface area contributed by atoms with Crippen LogP contribution in [0.5, 0.6) is 0 Å². The van der Waals surface area contributed by atoms with E-state index in [1.54, 1.807) is 28.0 Å². The minimum absolute atomic E-state index is 0.171. The van der Waals surface area contributed by atoms with Crippen LogP contribution in [0.15, 0.2) is 15.5 Å². The second-order valence-corrected chi connectivity index (χ2v) is 7.25. The molecule has 6 heteroatoms. The molecule has 0 fully saturated rings. The Kier molecular flexibility index (Phi) is 4.27. The van der Waals surface area contributed by atoms with Crippen LogP contribution in [-0.4, -0.2) is 23.9 Å². The molecule has 0 unspecified atom stereocenters. The summed E-state index contributed by atoms with van der Waals surface area (Å²) >= 11 is 3.34. The molecule has 0 radical (unpaired) electrons. The number of amides is 1. The fraction of sp³-hybridized carbons (Fsp3) is 0.375. The Balaban J connectivity index is 1.85. The van der Waals surface area contributed by atoms with E-state index in [2.05, 4.69) is 23.9 Å². The number of thioether (sulfide) groups is 1. The van der Waals surface area contributed by atoms with Gasteiger partial charge in [-0.1, -0.05) is 17.0 Å². The Morgan fingerprint density at radius 1 is 1.45 bits per heavy atom. The SMILES string of the molecule is Cc1cc(CC#Cc2sc3c(c2C)SCCC(=O)N3C)no1. The molecule has 3 rings (SSSR count). The normalized spacial score (nSPS) is 14.3. The number of hydrogen-bond donors (Lipinski definition) is 0. The van der Waals surface area contributed by atoms with Crippen molar-refractivity contribution in [3.63, 3.8) is 0 Å². The number of thiophene rings is 1. The third-order valence-corrected chi connectivity index (χ3v) is 6.07. The van der Waals surface area contributed by atoms with Gasteiger partial charge < -0.3 is 9.42 Å². The van der Waals surface area contributed by atoms with Crippen LogP contribution in [0.3, 0.4) is 0 Å². The van der Waals surface area contributed by atoms with Crippen molar-refractivity contribution in [2.75, 3.05) is 17.7 Å². The lowest BCUT2D eigenvalue weighted by Crippen LogP contribution is -2.24. The number of carbonyl (C=O) groups is 1. The predicted molar refractivity (Wildman–Crippen MR) is 89.6 cm³/mol. The first kappa shape index (κ1) is 15.2. The molecule has 3 heterocycles.